The number of aromatic nitrogens is 2. The maximum Gasteiger partial charge on any atom is 0.248 e. The van der Waals surface area contributed by atoms with E-state index in [4.69, 9.17) is 4.42 Å². The molecule has 1 aromatic carbocycles. The number of likely N-dealkylation sites (N-methyl/N-ethyl adjacent to an activating group) is 1. The zero-order valence-corrected chi connectivity index (χ0v) is 13.6. The molecule has 2 aromatic rings. The van der Waals surface area contributed by atoms with Gasteiger partial charge in [0.1, 0.15) is 0 Å². The van der Waals surface area contributed by atoms with Gasteiger partial charge in [0.05, 0.1) is 12.1 Å². The Labute approximate surface area is 132 Å². The molecule has 1 saturated heterocycles. The van der Waals surface area contributed by atoms with E-state index in [-0.39, 0.29) is 0 Å². The number of hydrogen-bond acceptors (Lipinski definition) is 5. The minimum atomic E-state index is 0.560. The zero-order chi connectivity index (χ0) is 14.7. The van der Waals surface area contributed by atoms with Crippen LogP contribution in [0.1, 0.15) is 18.7 Å². The Balaban J connectivity index is 1.69. The predicted molar refractivity (Wildman–Crippen MR) is 84.8 cm³/mol. The minimum absolute atomic E-state index is 0.560. The van der Waals surface area contributed by atoms with Crippen LogP contribution < -0.4 is 5.32 Å². The Kier molecular flexibility index (Phi) is 4.67. The Morgan fingerprint density at radius 2 is 2.24 bits per heavy atom. The number of nitrogens with zero attached hydrogens (tertiary/aromatic N) is 3. The van der Waals surface area contributed by atoms with Gasteiger partial charge in [0.2, 0.25) is 11.8 Å². The fourth-order valence-electron chi connectivity index (χ4n) is 2.69. The highest BCUT2D eigenvalue weighted by Crippen LogP contribution is 2.27. The quantitative estimate of drug-likeness (QED) is 0.918. The van der Waals surface area contributed by atoms with E-state index in [1.807, 2.05) is 31.3 Å². The van der Waals surface area contributed by atoms with E-state index in [2.05, 4.69) is 36.3 Å². The summed E-state index contributed by atoms with van der Waals surface area (Å²) in [6.45, 7) is 2.84. The molecule has 6 heteroatoms. The van der Waals surface area contributed by atoms with Crippen molar-refractivity contribution in [2.24, 2.45) is 0 Å². The van der Waals surface area contributed by atoms with Crippen molar-refractivity contribution in [2.75, 3.05) is 20.1 Å². The van der Waals surface area contributed by atoms with Gasteiger partial charge in [0.25, 0.3) is 0 Å². The summed E-state index contributed by atoms with van der Waals surface area (Å²) < 4.78 is 6.77. The molecule has 1 aliphatic rings. The number of benzene rings is 1. The molecular formula is C15H19BrN4O. The number of halogens is 1. The van der Waals surface area contributed by atoms with E-state index < -0.39 is 0 Å². The van der Waals surface area contributed by atoms with Crippen LogP contribution in [0.4, 0.5) is 0 Å². The number of likely N-dealkylation sites (tertiary alicyclic amines) is 1. The van der Waals surface area contributed by atoms with Crippen molar-refractivity contribution < 1.29 is 4.42 Å². The Morgan fingerprint density at radius 3 is 3.05 bits per heavy atom. The predicted octanol–water partition coefficient (Wildman–Crippen LogP) is 2.68. The van der Waals surface area contributed by atoms with Crippen LogP contribution in [0.3, 0.4) is 0 Å². The summed E-state index contributed by atoms with van der Waals surface area (Å²) in [7, 11) is 2.02. The second kappa shape index (κ2) is 6.68. The number of piperidine rings is 1. The van der Waals surface area contributed by atoms with Crippen molar-refractivity contribution in [1.29, 1.82) is 0 Å². The average molecular weight is 351 g/mol. The second-order valence-corrected chi connectivity index (χ2v) is 6.20. The lowest BCUT2D eigenvalue weighted by Crippen LogP contribution is -2.43. The summed E-state index contributed by atoms with van der Waals surface area (Å²) >= 11 is 3.51. The standard InChI is InChI=1S/C15H19BrN4O/c1-17-11-5-4-8-20(9-11)10-14-18-19-15(21-14)12-6-2-3-7-13(12)16/h2-3,6-7,11,17H,4-5,8-10H2,1H3. The maximum atomic E-state index is 5.81. The Hall–Kier alpha value is -1.24. The summed E-state index contributed by atoms with van der Waals surface area (Å²) in [6.07, 6.45) is 2.44. The molecule has 2 heterocycles. The molecule has 0 saturated carbocycles. The molecular weight excluding hydrogens is 332 g/mol. The molecule has 0 amide bonds. The topological polar surface area (TPSA) is 54.2 Å². The molecule has 0 radical (unpaired) electrons. The third-order valence-electron chi connectivity index (χ3n) is 3.84. The summed E-state index contributed by atoms with van der Waals surface area (Å²) in [6, 6.07) is 8.44. The fourth-order valence-corrected chi connectivity index (χ4v) is 3.14. The number of rotatable bonds is 4. The molecule has 1 unspecified atom stereocenters. The zero-order valence-electron chi connectivity index (χ0n) is 12.1. The average Bonchev–Trinajstić information content (AvgIpc) is 2.96. The fraction of sp³-hybridized carbons (Fsp3) is 0.467. The van der Waals surface area contributed by atoms with Crippen LogP contribution in [-0.2, 0) is 6.54 Å². The highest BCUT2D eigenvalue weighted by atomic mass is 79.9. The van der Waals surface area contributed by atoms with Gasteiger partial charge >= 0.3 is 0 Å². The summed E-state index contributed by atoms with van der Waals surface area (Å²) in [5.41, 5.74) is 0.933. The van der Waals surface area contributed by atoms with Crippen molar-refractivity contribution in [3.05, 3.63) is 34.6 Å². The van der Waals surface area contributed by atoms with Crippen LogP contribution in [0.25, 0.3) is 11.5 Å². The van der Waals surface area contributed by atoms with Crippen molar-refractivity contribution in [3.8, 4) is 11.5 Å². The van der Waals surface area contributed by atoms with Gasteiger partial charge in [0.15, 0.2) is 0 Å². The molecule has 1 N–H and O–H groups in total. The first-order valence-corrected chi connectivity index (χ1v) is 8.02. The van der Waals surface area contributed by atoms with Gasteiger partial charge < -0.3 is 9.73 Å². The van der Waals surface area contributed by atoms with Crippen molar-refractivity contribution in [3.63, 3.8) is 0 Å². The van der Waals surface area contributed by atoms with Gasteiger partial charge in [-0.15, -0.1) is 10.2 Å². The van der Waals surface area contributed by atoms with Gasteiger partial charge in [-0.25, -0.2) is 0 Å². The molecule has 21 heavy (non-hydrogen) atoms. The Bertz CT molecular complexity index is 601. The smallest absolute Gasteiger partial charge is 0.248 e. The first-order chi connectivity index (χ1) is 10.3. The maximum absolute atomic E-state index is 5.81. The number of hydrogen-bond donors (Lipinski definition) is 1. The van der Waals surface area contributed by atoms with Crippen LogP contribution >= 0.6 is 15.9 Å². The van der Waals surface area contributed by atoms with E-state index in [1.165, 1.54) is 12.8 Å². The molecule has 1 aromatic heterocycles. The van der Waals surface area contributed by atoms with Gasteiger partial charge in [-0.1, -0.05) is 12.1 Å². The highest BCUT2D eigenvalue weighted by molar-refractivity contribution is 9.10. The molecule has 112 valence electrons. The lowest BCUT2D eigenvalue weighted by Gasteiger charge is -2.31. The Morgan fingerprint density at radius 1 is 1.38 bits per heavy atom. The minimum Gasteiger partial charge on any atom is -0.419 e. The van der Waals surface area contributed by atoms with Gasteiger partial charge in [-0.05, 0) is 54.5 Å². The van der Waals surface area contributed by atoms with E-state index in [9.17, 15) is 0 Å². The third kappa shape index (κ3) is 3.51. The first-order valence-electron chi connectivity index (χ1n) is 7.23. The van der Waals surface area contributed by atoms with Crippen LogP contribution in [0.15, 0.2) is 33.2 Å². The normalized spacial score (nSPS) is 19.8. The third-order valence-corrected chi connectivity index (χ3v) is 4.54. The molecule has 3 rings (SSSR count). The van der Waals surface area contributed by atoms with Gasteiger partial charge in [-0.2, -0.15) is 0 Å². The molecule has 0 aliphatic carbocycles. The number of nitrogens with one attached hydrogen (secondary N) is 1. The van der Waals surface area contributed by atoms with Crippen molar-refractivity contribution >= 4 is 15.9 Å². The highest BCUT2D eigenvalue weighted by Gasteiger charge is 2.20. The van der Waals surface area contributed by atoms with Gasteiger partial charge in [0, 0.05) is 17.1 Å². The molecule has 1 atom stereocenters. The summed E-state index contributed by atoms with van der Waals surface area (Å²) in [5, 5.41) is 11.7. The lowest BCUT2D eigenvalue weighted by molar-refractivity contribution is 0.173. The molecule has 1 aliphatic heterocycles. The summed E-state index contributed by atoms with van der Waals surface area (Å²) in [5.74, 6) is 1.25. The van der Waals surface area contributed by atoms with E-state index in [0.717, 1.165) is 29.7 Å². The van der Waals surface area contributed by atoms with E-state index >= 15 is 0 Å². The summed E-state index contributed by atoms with van der Waals surface area (Å²) in [4.78, 5) is 2.36. The van der Waals surface area contributed by atoms with Crippen LogP contribution in [-0.4, -0.2) is 41.3 Å². The van der Waals surface area contributed by atoms with Crippen molar-refractivity contribution in [1.82, 2.24) is 20.4 Å². The van der Waals surface area contributed by atoms with Crippen LogP contribution in [0, 0.1) is 0 Å². The molecule has 5 nitrogen and oxygen atoms in total. The monoisotopic (exact) mass is 350 g/mol. The SMILES string of the molecule is CNC1CCCN(Cc2nnc(-c3ccccc3Br)o2)C1. The van der Waals surface area contributed by atoms with E-state index in [0.29, 0.717) is 17.8 Å². The first kappa shape index (κ1) is 14.7. The van der Waals surface area contributed by atoms with Gasteiger partial charge in [-0.3, -0.25) is 4.90 Å². The second-order valence-electron chi connectivity index (χ2n) is 5.34. The van der Waals surface area contributed by atoms with Crippen LogP contribution in [0.5, 0.6) is 0 Å². The van der Waals surface area contributed by atoms with Crippen LogP contribution in [0.2, 0.25) is 0 Å². The molecule has 1 fully saturated rings. The molecule has 0 spiro atoms. The van der Waals surface area contributed by atoms with E-state index in [1.54, 1.807) is 0 Å². The largest absolute Gasteiger partial charge is 0.419 e. The molecule has 0 bridgehead atoms. The lowest BCUT2D eigenvalue weighted by atomic mass is 10.1. The van der Waals surface area contributed by atoms with Crippen molar-refractivity contribution in [2.45, 2.75) is 25.4 Å².